The van der Waals surface area contributed by atoms with Crippen LogP contribution in [0.3, 0.4) is 0 Å². The Kier molecular flexibility index (Phi) is 4.93. The average molecular weight is 361 g/mol. The van der Waals surface area contributed by atoms with E-state index >= 15 is 0 Å². The summed E-state index contributed by atoms with van der Waals surface area (Å²) in [5.74, 6) is 3.86. The highest BCUT2D eigenvalue weighted by atomic mass is 16.4. The summed E-state index contributed by atoms with van der Waals surface area (Å²) in [7, 11) is 0. The van der Waals surface area contributed by atoms with E-state index in [1.54, 1.807) is 0 Å². The zero-order valence-corrected chi connectivity index (χ0v) is 17.3. The molecule has 0 aromatic heterocycles. The second kappa shape index (κ2) is 6.82. The Hall–Kier alpha value is -0.530. The molecule has 26 heavy (non-hydrogen) atoms. The predicted molar refractivity (Wildman–Crippen MR) is 106 cm³/mol. The second-order valence-corrected chi connectivity index (χ2v) is 11.0. The maximum Gasteiger partial charge on any atom is 0.306 e. The van der Waals surface area contributed by atoms with Gasteiger partial charge in [-0.05, 0) is 105 Å². The summed E-state index contributed by atoms with van der Waals surface area (Å²) in [6.07, 6.45) is 16.6. The van der Waals surface area contributed by atoms with Crippen molar-refractivity contribution in [3.05, 3.63) is 0 Å². The molecule has 1 N–H and O–H groups in total. The van der Waals surface area contributed by atoms with Crippen LogP contribution >= 0.6 is 0 Å². The van der Waals surface area contributed by atoms with E-state index in [4.69, 9.17) is 0 Å². The molecule has 4 fully saturated rings. The Morgan fingerprint density at radius 3 is 2.50 bits per heavy atom. The summed E-state index contributed by atoms with van der Waals surface area (Å²) in [5, 5.41) is 9.25. The zero-order chi connectivity index (χ0) is 18.5. The van der Waals surface area contributed by atoms with Gasteiger partial charge in [-0.25, -0.2) is 0 Å². The van der Waals surface area contributed by atoms with Gasteiger partial charge >= 0.3 is 5.97 Å². The van der Waals surface area contributed by atoms with Gasteiger partial charge in [-0.2, -0.15) is 0 Å². The average Bonchev–Trinajstić information content (AvgIpc) is 2.95. The third-order valence-corrected chi connectivity index (χ3v) is 10.1. The van der Waals surface area contributed by atoms with E-state index in [-0.39, 0.29) is 5.92 Å². The lowest BCUT2D eigenvalue weighted by Crippen LogP contribution is -2.52. The molecule has 0 saturated heterocycles. The number of hydrogen-bond acceptors (Lipinski definition) is 1. The Morgan fingerprint density at radius 2 is 1.73 bits per heavy atom. The van der Waals surface area contributed by atoms with Crippen LogP contribution in [0, 0.1) is 46.3 Å². The first-order chi connectivity index (χ1) is 12.4. The van der Waals surface area contributed by atoms with Crippen LogP contribution in [0.15, 0.2) is 0 Å². The van der Waals surface area contributed by atoms with Crippen molar-refractivity contribution in [2.24, 2.45) is 46.3 Å². The van der Waals surface area contributed by atoms with E-state index in [1.807, 2.05) is 6.92 Å². The smallest absolute Gasteiger partial charge is 0.306 e. The van der Waals surface area contributed by atoms with Gasteiger partial charge in [-0.1, -0.05) is 33.6 Å². The highest BCUT2D eigenvalue weighted by molar-refractivity contribution is 5.69. The molecule has 4 aliphatic carbocycles. The lowest BCUT2D eigenvalue weighted by Gasteiger charge is -2.60. The Morgan fingerprint density at radius 1 is 0.962 bits per heavy atom. The number of fused-ring (bicyclic) bond motifs is 5. The second-order valence-electron chi connectivity index (χ2n) is 11.0. The van der Waals surface area contributed by atoms with Crippen molar-refractivity contribution in [2.75, 3.05) is 0 Å². The molecule has 3 unspecified atom stereocenters. The minimum absolute atomic E-state index is 0.175. The van der Waals surface area contributed by atoms with E-state index in [9.17, 15) is 9.90 Å². The highest BCUT2D eigenvalue weighted by Gasteiger charge is 2.59. The summed E-state index contributed by atoms with van der Waals surface area (Å²) in [6, 6.07) is 0. The summed E-state index contributed by atoms with van der Waals surface area (Å²) < 4.78 is 0. The molecule has 0 spiro atoms. The number of carbonyl (C=O) groups is 1. The van der Waals surface area contributed by atoms with Crippen molar-refractivity contribution >= 4 is 5.97 Å². The number of hydrogen-bond donors (Lipinski definition) is 1. The molecule has 4 saturated carbocycles. The van der Waals surface area contributed by atoms with Gasteiger partial charge in [-0.3, -0.25) is 4.79 Å². The van der Waals surface area contributed by atoms with Gasteiger partial charge in [0.2, 0.25) is 0 Å². The van der Waals surface area contributed by atoms with Crippen LogP contribution in [-0.2, 0) is 4.79 Å². The van der Waals surface area contributed by atoms with Crippen LogP contribution in [0.5, 0.6) is 0 Å². The van der Waals surface area contributed by atoms with E-state index in [2.05, 4.69) is 13.8 Å². The molecule has 0 radical (unpaired) electrons. The van der Waals surface area contributed by atoms with Crippen molar-refractivity contribution < 1.29 is 9.90 Å². The molecule has 4 rings (SSSR count). The number of carboxylic acids is 1. The van der Waals surface area contributed by atoms with Crippen molar-refractivity contribution in [3.8, 4) is 0 Å². The molecule has 2 heteroatoms. The first-order valence-electron chi connectivity index (χ1n) is 11.6. The highest BCUT2D eigenvalue weighted by Crippen LogP contribution is 2.67. The molecule has 0 bridgehead atoms. The number of rotatable bonds is 4. The van der Waals surface area contributed by atoms with Gasteiger partial charge in [0.1, 0.15) is 0 Å². The van der Waals surface area contributed by atoms with Crippen molar-refractivity contribution in [3.63, 3.8) is 0 Å². The van der Waals surface area contributed by atoms with Crippen molar-refractivity contribution in [1.29, 1.82) is 0 Å². The SMILES string of the molecule is C[C@@H](CC[C@H]1CCC2C3CC[C@@H]4CCCC[C@]4(C)C3CC[C@@]21C)C(=O)O. The molecule has 8 atom stereocenters. The Labute approximate surface area is 160 Å². The zero-order valence-electron chi connectivity index (χ0n) is 17.3. The normalized spacial score (nSPS) is 49.0. The molecule has 0 aliphatic heterocycles. The third-order valence-electron chi connectivity index (χ3n) is 10.1. The molecular formula is C24H40O2. The maximum atomic E-state index is 11.2. The van der Waals surface area contributed by atoms with Crippen LogP contribution in [0.25, 0.3) is 0 Å². The molecule has 0 amide bonds. The van der Waals surface area contributed by atoms with Crippen LogP contribution in [0.1, 0.15) is 97.8 Å². The topological polar surface area (TPSA) is 37.3 Å². The summed E-state index contributed by atoms with van der Waals surface area (Å²) in [6.45, 7) is 7.14. The minimum Gasteiger partial charge on any atom is -0.481 e. The fourth-order valence-electron chi connectivity index (χ4n) is 8.45. The summed E-state index contributed by atoms with van der Waals surface area (Å²) >= 11 is 0. The molecule has 0 heterocycles. The van der Waals surface area contributed by atoms with Gasteiger partial charge in [-0.15, -0.1) is 0 Å². The standard InChI is InChI=1S/C24H40O2/c1-16(22(25)26)7-8-18-10-12-20-19-11-9-17-6-4-5-14-23(17,2)21(19)13-15-24(18,20)3/h16-21H,4-15H2,1-3H3,(H,25,26)/t16-,17-,18-,19?,20?,21?,23-,24+/m0/s1. The molecule has 4 aliphatic rings. The fourth-order valence-corrected chi connectivity index (χ4v) is 8.45. The van der Waals surface area contributed by atoms with Gasteiger partial charge in [0.05, 0.1) is 5.92 Å². The van der Waals surface area contributed by atoms with Gasteiger partial charge in [0.15, 0.2) is 0 Å². The lowest BCUT2D eigenvalue weighted by atomic mass is 9.45. The van der Waals surface area contributed by atoms with Crippen molar-refractivity contribution in [2.45, 2.75) is 97.8 Å². The largest absolute Gasteiger partial charge is 0.481 e. The fraction of sp³-hybridized carbons (Fsp3) is 0.958. The van der Waals surface area contributed by atoms with Gasteiger partial charge in [0, 0.05) is 0 Å². The van der Waals surface area contributed by atoms with Gasteiger partial charge < -0.3 is 5.11 Å². The van der Waals surface area contributed by atoms with Crippen molar-refractivity contribution in [1.82, 2.24) is 0 Å². The van der Waals surface area contributed by atoms with Crippen LogP contribution < -0.4 is 0 Å². The monoisotopic (exact) mass is 360 g/mol. The summed E-state index contributed by atoms with van der Waals surface area (Å²) in [4.78, 5) is 11.2. The maximum absolute atomic E-state index is 11.2. The van der Waals surface area contributed by atoms with Gasteiger partial charge in [0.25, 0.3) is 0 Å². The molecule has 0 aromatic rings. The first kappa shape index (κ1) is 18.8. The molecule has 148 valence electrons. The van der Waals surface area contributed by atoms with E-state index in [0.29, 0.717) is 10.8 Å². The number of aliphatic carboxylic acids is 1. The Bertz CT molecular complexity index is 542. The van der Waals surface area contributed by atoms with Crippen LogP contribution in [0.2, 0.25) is 0 Å². The first-order valence-corrected chi connectivity index (χ1v) is 11.6. The van der Waals surface area contributed by atoms with E-state index in [0.717, 1.165) is 42.4 Å². The molecule has 0 aromatic carbocycles. The number of carboxylic acid groups (broad SMARTS) is 1. The molecular weight excluding hydrogens is 320 g/mol. The molecule has 2 nitrogen and oxygen atoms in total. The Balaban J connectivity index is 1.48. The van der Waals surface area contributed by atoms with Crippen LogP contribution in [0.4, 0.5) is 0 Å². The van der Waals surface area contributed by atoms with E-state index in [1.165, 1.54) is 64.2 Å². The predicted octanol–water partition coefficient (Wildman–Crippen LogP) is 6.54. The summed E-state index contributed by atoms with van der Waals surface area (Å²) in [5.41, 5.74) is 1.13. The lowest BCUT2D eigenvalue weighted by molar-refractivity contribution is -0.141. The third kappa shape index (κ3) is 2.85. The quantitative estimate of drug-likeness (QED) is 0.618. The van der Waals surface area contributed by atoms with E-state index < -0.39 is 5.97 Å². The minimum atomic E-state index is -0.614. The van der Waals surface area contributed by atoms with Crippen LogP contribution in [-0.4, -0.2) is 11.1 Å².